The Morgan fingerprint density at radius 1 is 0.852 bits per heavy atom. The fourth-order valence-electron chi connectivity index (χ4n) is 3.64. The summed E-state index contributed by atoms with van der Waals surface area (Å²) >= 11 is 0. The van der Waals surface area contributed by atoms with Crippen LogP contribution in [-0.4, -0.2) is 114 Å². The molecule has 2 aliphatic rings. The van der Waals surface area contributed by atoms with Crippen molar-refractivity contribution in [2.75, 3.05) is 88.5 Å². The molecule has 3 heterocycles. The predicted octanol–water partition coefficient (Wildman–Crippen LogP) is -1.39. The summed E-state index contributed by atoms with van der Waals surface area (Å²) in [7, 11) is 0. The van der Waals surface area contributed by atoms with Crippen molar-refractivity contribution in [3.05, 3.63) is 16.4 Å². The molecular formula is C16H27N7O4. The first kappa shape index (κ1) is 19.7. The average molecular weight is 381 g/mol. The maximum atomic E-state index is 11.8. The summed E-state index contributed by atoms with van der Waals surface area (Å²) in [6, 6.07) is 0. The number of aliphatic hydroxyl groups is 2. The van der Waals surface area contributed by atoms with Crippen molar-refractivity contribution in [2.24, 2.45) is 0 Å². The van der Waals surface area contributed by atoms with Crippen molar-refractivity contribution in [1.82, 2.24) is 19.8 Å². The molecule has 3 rings (SSSR count). The summed E-state index contributed by atoms with van der Waals surface area (Å²) in [5.41, 5.74) is -0.0382. The molecule has 0 amide bonds. The molecule has 1 aromatic heterocycles. The zero-order chi connectivity index (χ0) is 19.2. The summed E-state index contributed by atoms with van der Waals surface area (Å²) in [5, 5.41) is 30.0. The van der Waals surface area contributed by atoms with Gasteiger partial charge in [0.25, 0.3) is 0 Å². The Kier molecular flexibility index (Phi) is 6.72. The van der Waals surface area contributed by atoms with E-state index in [9.17, 15) is 10.1 Å². The van der Waals surface area contributed by atoms with Crippen LogP contribution in [0.4, 0.5) is 17.3 Å². The van der Waals surface area contributed by atoms with Gasteiger partial charge in [0.05, 0.1) is 18.1 Å². The minimum Gasteiger partial charge on any atom is -0.395 e. The highest BCUT2D eigenvalue weighted by atomic mass is 16.6. The predicted molar refractivity (Wildman–Crippen MR) is 100 cm³/mol. The number of hydrogen-bond donors (Lipinski definition) is 2. The zero-order valence-corrected chi connectivity index (χ0v) is 15.4. The van der Waals surface area contributed by atoms with E-state index in [1.807, 2.05) is 9.80 Å². The molecule has 0 unspecified atom stereocenters. The zero-order valence-electron chi connectivity index (χ0n) is 15.4. The average Bonchev–Trinajstić information content (AvgIpc) is 2.69. The number of aliphatic hydroxyl groups excluding tert-OH is 2. The van der Waals surface area contributed by atoms with Gasteiger partial charge in [0, 0.05) is 65.4 Å². The van der Waals surface area contributed by atoms with Crippen LogP contribution in [0.2, 0.25) is 0 Å². The van der Waals surface area contributed by atoms with E-state index in [0.29, 0.717) is 50.9 Å². The number of β-amino-alcohol motifs (C(OH)–C–C–N with tert-alkyl or cyclic N) is 2. The Bertz CT molecular complexity index is 587. The van der Waals surface area contributed by atoms with E-state index in [0.717, 1.165) is 26.2 Å². The third-order valence-corrected chi connectivity index (χ3v) is 5.14. The Labute approximate surface area is 158 Å². The fourth-order valence-corrected chi connectivity index (χ4v) is 3.64. The van der Waals surface area contributed by atoms with Gasteiger partial charge in [-0.2, -0.15) is 0 Å². The minimum atomic E-state index is -0.384. The van der Waals surface area contributed by atoms with Crippen LogP contribution in [0.1, 0.15) is 0 Å². The van der Waals surface area contributed by atoms with Gasteiger partial charge in [-0.1, -0.05) is 0 Å². The first-order valence-corrected chi connectivity index (χ1v) is 9.29. The van der Waals surface area contributed by atoms with Gasteiger partial charge in [0.2, 0.25) is 11.6 Å². The molecule has 0 spiro atoms. The third-order valence-electron chi connectivity index (χ3n) is 5.14. The van der Waals surface area contributed by atoms with Crippen LogP contribution in [0.3, 0.4) is 0 Å². The van der Waals surface area contributed by atoms with Gasteiger partial charge in [-0.15, -0.1) is 0 Å². The van der Waals surface area contributed by atoms with E-state index in [4.69, 9.17) is 10.2 Å². The molecule has 0 radical (unpaired) electrons. The van der Waals surface area contributed by atoms with Gasteiger partial charge in [-0.05, 0) is 0 Å². The van der Waals surface area contributed by atoms with E-state index in [1.54, 1.807) is 0 Å². The Morgan fingerprint density at radius 3 is 1.59 bits per heavy atom. The number of anilines is 2. The number of nitro groups is 1. The van der Waals surface area contributed by atoms with Crippen LogP contribution in [0, 0.1) is 10.1 Å². The molecule has 1 aromatic rings. The molecule has 11 nitrogen and oxygen atoms in total. The highest BCUT2D eigenvalue weighted by Crippen LogP contribution is 2.34. The van der Waals surface area contributed by atoms with Crippen molar-refractivity contribution in [1.29, 1.82) is 0 Å². The molecule has 2 aliphatic heterocycles. The first-order chi connectivity index (χ1) is 13.1. The lowest BCUT2D eigenvalue weighted by Crippen LogP contribution is -2.48. The van der Waals surface area contributed by atoms with Gasteiger partial charge in [0.15, 0.2) is 0 Å². The fraction of sp³-hybridized carbons (Fsp3) is 0.750. The SMILES string of the molecule is O=[N+]([O-])c1c(N2CCN(CCO)CC2)ncnc1N1CCN(CCO)CC1. The molecule has 0 aromatic carbocycles. The molecule has 0 aliphatic carbocycles. The number of hydrogen-bond acceptors (Lipinski definition) is 10. The standard InChI is InChI=1S/C16H27N7O4/c24-11-9-19-1-5-21(6-2-19)15-14(23(26)27)16(18-13-17-15)22-7-3-20(4-8-22)10-12-25/h13,24-25H,1-12H2. The van der Waals surface area contributed by atoms with Gasteiger partial charge in [-0.3, -0.25) is 19.9 Å². The van der Waals surface area contributed by atoms with Crippen molar-refractivity contribution in [3.8, 4) is 0 Å². The summed E-state index contributed by atoms with van der Waals surface area (Å²) in [5.74, 6) is 0.734. The highest BCUT2D eigenvalue weighted by Gasteiger charge is 2.32. The van der Waals surface area contributed by atoms with E-state index in [-0.39, 0.29) is 23.8 Å². The largest absolute Gasteiger partial charge is 0.395 e. The summed E-state index contributed by atoms with van der Waals surface area (Å²) in [6.07, 6.45) is 1.40. The second-order valence-corrected chi connectivity index (χ2v) is 6.73. The molecule has 2 fully saturated rings. The smallest absolute Gasteiger partial charge is 0.353 e. The number of piperazine rings is 2. The number of nitrogens with zero attached hydrogens (tertiary/aromatic N) is 7. The van der Waals surface area contributed by atoms with Gasteiger partial charge < -0.3 is 20.0 Å². The number of aromatic nitrogens is 2. The lowest BCUT2D eigenvalue weighted by Gasteiger charge is -2.36. The molecule has 0 bridgehead atoms. The minimum absolute atomic E-state index is 0.0382. The highest BCUT2D eigenvalue weighted by molar-refractivity contribution is 5.71. The molecule has 11 heteroatoms. The van der Waals surface area contributed by atoms with E-state index >= 15 is 0 Å². The molecule has 0 saturated carbocycles. The van der Waals surface area contributed by atoms with Crippen LogP contribution in [0.25, 0.3) is 0 Å². The third kappa shape index (κ3) is 4.61. The summed E-state index contributed by atoms with van der Waals surface area (Å²) in [6.45, 7) is 6.89. The molecule has 27 heavy (non-hydrogen) atoms. The molecule has 150 valence electrons. The van der Waals surface area contributed by atoms with Gasteiger partial charge in [0.1, 0.15) is 6.33 Å². The summed E-state index contributed by atoms with van der Waals surface area (Å²) < 4.78 is 0. The molecule has 2 saturated heterocycles. The molecule has 0 atom stereocenters. The number of rotatable bonds is 7. The van der Waals surface area contributed by atoms with Crippen LogP contribution in [0.5, 0.6) is 0 Å². The Morgan fingerprint density at radius 2 is 1.26 bits per heavy atom. The monoisotopic (exact) mass is 381 g/mol. The van der Waals surface area contributed by atoms with Crippen molar-refractivity contribution >= 4 is 17.3 Å². The first-order valence-electron chi connectivity index (χ1n) is 9.29. The van der Waals surface area contributed by atoms with Crippen molar-refractivity contribution in [2.45, 2.75) is 0 Å². The Hall–Kier alpha value is -2.08. The summed E-state index contributed by atoms with van der Waals surface area (Å²) in [4.78, 5) is 28.0. The van der Waals surface area contributed by atoms with E-state index < -0.39 is 0 Å². The second-order valence-electron chi connectivity index (χ2n) is 6.73. The van der Waals surface area contributed by atoms with Crippen LogP contribution in [0.15, 0.2) is 6.33 Å². The van der Waals surface area contributed by atoms with Crippen molar-refractivity contribution < 1.29 is 15.1 Å². The Balaban J connectivity index is 1.77. The van der Waals surface area contributed by atoms with Crippen LogP contribution in [-0.2, 0) is 0 Å². The maximum Gasteiger partial charge on any atom is 0.353 e. The topological polar surface area (TPSA) is 122 Å². The molecular weight excluding hydrogens is 354 g/mol. The second kappa shape index (κ2) is 9.22. The maximum absolute atomic E-state index is 11.8. The van der Waals surface area contributed by atoms with Crippen molar-refractivity contribution in [3.63, 3.8) is 0 Å². The van der Waals surface area contributed by atoms with Gasteiger partial charge in [-0.25, -0.2) is 9.97 Å². The lowest BCUT2D eigenvalue weighted by molar-refractivity contribution is -0.383. The van der Waals surface area contributed by atoms with Gasteiger partial charge >= 0.3 is 5.69 Å². The lowest BCUT2D eigenvalue weighted by atomic mass is 10.2. The van der Waals surface area contributed by atoms with Crippen LogP contribution >= 0.6 is 0 Å². The van der Waals surface area contributed by atoms with E-state index in [2.05, 4.69) is 19.8 Å². The molecule has 2 N–H and O–H groups in total. The normalized spacial score (nSPS) is 19.5. The quantitative estimate of drug-likeness (QED) is 0.431. The van der Waals surface area contributed by atoms with Crippen LogP contribution < -0.4 is 9.80 Å². The van der Waals surface area contributed by atoms with E-state index in [1.165, 1.54) is 6.33 Å².